The van der Waals surface area contributed by atoms with Crippen LogP contribution in [0.2, 0.25) is 0 Å². The summed E-state index contributed by atoms with van der Waals surface area (Å²) in [5.74, 6) is 3.16. The van der Waals surface area contributed by atoms with Crippen molar-refractivity contribution in [3.05, 3.63) is 18.3 Å². The molecule has 2 aromatic rings. The number of anilines is 1. The lowest BCUT2D eigenvalue weighted by atomic mass is 9.76. The standard InChI is InChI=1S/C21H29N3O2/c1-25-20-11-17-18(12-21(20)26-2)23-22-13-19(17)24-10-6-9-16(14-24)15-7-4-3-5-8-15/h11-13,15-16H,3-10,14H2,1-2H3. The second-order valence-corrected chi connectivity index (χ2v) is 7.70. The fourth-order valence-corrected chi connectivity index (χ4v) is 4.84. The first-order chi connectivity index (χ1) is 12.8. The number of rotatable bonds is 4. The van der Waals surface area contributed by atoms with Crippen LogP contribution in [0, 0.1) is 11.8 Å². The number of benzene rings is 1. The van der Waals surface area contributed by atoms with Gasteiger partial charge < -0.3 is 14.4 Å². The number of hydrogen-bond acceptors (Lipinski definition) is 5. The van der Waals surface area contributed by atoms with E-state index in [9.17, 15) is 0 Å². The molecule has 1 aromatic heterocycles. The van der Waals surface area contributed by atoms with Gasteiger partial charge in [0.2, 0.25) is 0 Å². The molecule has 5 nitrogen and oxygen atoms in total. The van der Waals surface area contributed by atoms with Gasteiger partial charge in [0.25, 0.3) is 0 Å². The molecule has 0 bridgehead atoms. The average molecular weight is 355 g/mol. The Kier molecular flexibility index (Phi) is 5.14. The highest BCUT2D eigenvalue weighted by molar-refractivity contribution is 5.93. The number of piperidine rings is 1. The minimum atomic E-state index is 0.699. The molecule has 0 N–H and O–H groups in total. The lowest BCUT2D eigenvalue weighted by molar-refractivity contribution is 0.221. The second kappa shape index (κ2) is 7.68. The summed E-state index contributed by atoms with van der Waals surface area (Å²) in [6, 6.07) is 3.97. The number of hydrogen-bond donors (Lipinski definition) is 0. The average Bonchev–Trinajstić information content (AvgIpc) is 2.73. The van der Waals surface area contributed by atoms with Crippen LogP contribution in [0.5, 0.6) is 11.5 Å². The normalized spacial score (nSPS) is 21.8. The molecule has 1 saturated heterocycles. The Hall–Kier alpha value is -2.04. The molecule has 0 amide bonds. The van der Waals surface area contributed by atoms with Crippen molar-refractivity contribution in [3.63, 3.8) is 0 Å². The molecule has 1 unspecified atom stereocenters. The second-order valence-electron chi connectivity index (χ2n) is 7.70. The van der Waals surface area contributed by atoms with Crippen molar-refractivity contribution in [3.8, 4) is 11.5 Å². The van der Waals surface area contributed by atoms with Gasteiger partial charge in [-0.2, -0.15) is 10.2 Å². The number of nitrogens with zero attached hydrogens (tertiary/aromatic N) is 3. The molecule has 2 aliphatic rings. The molecule has 2 fully saturated rings. The van der Waals surface area contributed by atoms with Crippen molar-refractivity contribution in [1.29, 1.82) is 0 Å². The topological polar surface area (TPSA) is 47.5 Å². The van der Waals surface area contributed by atoms with Crippen molar-refractivity contribution in [1.82, 2.24) is 10.2 Å². The van der Waals surface area contributed by atoms with Crippen LogP contribution in [0.25, 0.3) is 10.9 Å². The zero-order chi connectivity index (χ0) is 17.9. The van der Waals surface area contributed by atoms with E-state index in [1.165, 1.54) is 50.6 Å². The van der Waals surface area contributed by atoms with Crippen molar-refractivity contribution >= 4 is 16.6 Å². The lowest BCUT2D eigenvalue weighted by Gasteiger charge is -2.39. The predicted octanol–water partition coefficient (Wildman–Crippen LogP) is 4.44. The zero-order valence-corrected chi connectivity index (χ0v) is 15.9. The Morgan fingerprint density at radius 3 is 2.42 bits per heavy atom. The monoisotopic (exact) mass is 355 g/mol. The number of fused-ring (bicyclic) bond motifs is 1. The number of ether oxygens (including phenoxy) is 2. The maximum atomic E-state index is 5.51. The first-order valence-electron chi connectivity index (χ1n) is 9.92. The van der Waals surface area contributed by atoms with E-state index in [2.05, 4.69) is 15.1 Å². The molecule has 1 aliphatic carbocycles. The molecule has 1 atom stereocenters. The first-order valence-corrected chi connectivity index (χ1v) is 9.92. The zero-order valence-electron chi connectivity index (χ0n) is 15.9. The molecule has 1 aromatic carbocycles. The molecular weight excluding hydrogens is 326 g/mol. The maximum Gasteiger partial charge on any atom is 0.162 e. The fourth-order valence-electron chi connectivity index (χ4n) is 4.84. The van der Waals surface area contributed by atoms with Crippen molar-refractivity contribution in [2.45, 2.75) is 44.9 Å². The summed E-state index contributed by atoms with van der Waals surface area (Å²) in [4.78, 5) is 2.52. The Bertz CT molecular complexity index is 758. The van der Waals surface area contributed by atoms with Gasteiger partial charge in [-0.1, -0.05) is 32.1 Å². The Morgan fingerprint density at radius 2 is 1.65 bits per heavy atom. The molecule has 2 heterocycles. The minimum Gasteiger partial charge on any atom is -0.493 e. The van der Waals surface area contributed by atoms with E-state index in [-0.39, 0.29) is 0 Å². The van der Waals surface area contributed by atoms with Gasteiger partial charge in [0.1, 0.15) is 0 Å². The summed E-state index contributed by atoms with van der Waals surface area (Å²) in [5, 5.41) is 9.68. The Labute approximate surface area is 155 Å². The summed E-state index contributed by atoms with van der Waals surface area (Å²) < 4.78 is 10.9. The van der Waals surface area contributed by atoms with Crippen molar-refractivity contribution < 1.29 is 9.47 Å². The molecule has 1 saturated carbocycles. The minimum absolute atomic E-state index is 0.699. The van der Waals surface area contributed by atoms with Gasteiger partial charge in [-0.15, -0.1) is 0 Å². The number of methoxy groups -OCH3 is 2. The van der Waals surface area contributed by atoms with E-state index < -0.39 is 0 Å². The van der Waals surface area contributed by atoms with Gasteiger partial charge in [-0.3, -0.25) is 0 Å². The summed E-state index contributed by atoms with van der Waals surface area (Å²) in [6.45, 7) is 2.23. The smallest absolute Gasteiger partial charge is 0.162 e. The van der Waals surface area contributed by atoms with Gasteiger partial charge in [-0.25, -0.2) is 0 Å². The molecule has 26 heavy (non-hydrogen) atoms. The van der Waals surface area contributed by atoms with Crippen molar-refractivity contribution in [2.75, 3.05) is 32.2 Å². The Morgan fingerprint density at radius 1 is 0.923 bits per heavy atom. The van der Waals surface area contributed by atoms with E-state index in [4.69, 9.17) is 9.47 Å². The van der Waals surface area contributed by atoms with Gasteiger partial charge in [0.05, 0.1) is 31.6 Å². The van der Waals surface area contributed by atoms with Crippen LogP contribution >= 0.6 is 0 Å². The van der Waals surface area contributed by atoms with E-state index in [0.29, 0.717) is 5.75 Å². The van der Waals surface area contributed by atoms with Crippen LogP contribution in [-0.4, -0.2) is 37.5 Å². The van der Waals surface area contributed by atoms with Gasteiger partial charge in [-0.05, 0) is 30.7 Å². The van der Waals surface area contributed by atoms with Gasteiger partial charge in [0, 0.05) is 24.5 Å². The van der Waals surface area contributed by atoms with Crippen LogP contribution in [0.15, 0.2) is 18.3 Å². The van der Waals surface area contributed by atoms with Crippen LogP contribution in [0.1, 0.15) is 44.9 Å². The predicted molar refractivity (Wildman–Crippen MR) is 104 cm³/mol. The van der Waals surface area contributed by atoms with E-state index in [0.717, 1.165) is 41.6 Å². The summed E-state index contributed by atoms with van der Waals surface area (Å²) in [7, 11) is 3.33. The summed E-state index contributed by atoms with van der Waals surface area (Å²) in [6.07, 6.45) is 11.6. The molecular formula is C21H29N3O2. The third kappa shape index (κ3) is 3.31. The highest BCUT2D eigenvalue weighted by atomic mass is 16.5. The van der Waals surface area contributed by atoms with E-state index >= 15 is 0 Å². The van der Waals surface area contributed by atoms with Gasteiger partial charge >= 0.3 is 0 Å². The highest BCUT2D eigenvalue weighted by Gasteiger charge is 2.29. The summed E-state index contributed by atoms with van der Waals surface area (Å²) in [5.41, 5.74) is 2.04. The highest BCUT2D eigenvalue weighted by Crippen LogP contribution is 2.39. The molecule has 0 radical (unpaired) electrons. The molecule has 5 heteroatoms. The van der Waals surface area contributed by atoms with E-state index in [1.54, 1.807) is 14.2 Å². The molecule has 140 valence electrons. The quantitative estimate of drug-likeness (QED) is 0.811. The first kappa shape index (κ1) is 17.4. The van der Waals surface area contributed by atoms with Crippen LogP contribution in [0.4, 0.5) is 5.69 Å². The summed E-state index contributed by atoms with van der Waals surface area (Å²) >= 11 is 0. The third-order valence-electron chi connectivity index (χ3n) is 6.24. The molecule has 0 spiro atoms. The third-order valence-corrected chi connectivity index (χ3v) is 6.24. The Balaban J connectivity index is 1.64. The largest absolute Gasteiger partial charge is 0.493 e. The lowest BCUT2D eigenvalue weighted by Crippen LogP contribution is -2.39. The van der Waals surface area contributed by atoms with E-state index in [1.807, 2.05) is 18.3 Å². The molecule has 1 aliphatic heterocycles. The van der Waals surface area contributed by atoms with Crippen LogP contribution in [-0.2, 0) is 0 Å². The fraction of sp³-hybridized carbons (Fsp3) is 0.619. The van der Waals surface area contributed by atoms with Gasteiger partial charge in [0.15, 0.2) is 11.5 Å². The van der Waals surface area contributed by atoms with Crippen molar-refractivity contribution in [2.24, 2.45) is 11.8 Å². The maximum absolute atomic E-state index is 5.51. The number of aromatic nitrogens is 2. The SMILES string of the molecule is COc1cc2nncc(N3CCCC(C4CCCCC4)C3)c2cc1OC. The van der Waals surface area contributed by atoms with Crippen LogP contribution in [0.3, 0.4) is 0 Å². The van der Waals surface area contributed by atoms with Crippen LogP contribution < -0.4 is 14.4 Å². The molecule has 4 rings (SSSR count).